The van der Waals surface area contributed by atoms with Gasteiger partial charge in [-0.1, -0.05) is 6.07 Å². The highest BCUT2D eigenvalue weighted by Crippen LogP contribution is 2.16. The lowest BCUT2D eigenvalue weighted by atomic mass is 10.2. The SMILES string of the molecule is Fc1cccc(-n2cc(OC3CNC3)cn2)c1. The average Bonchev–Trinajstić information content (AvgIpc) is 2.72. The lowest BCUT2D eigenvalue weighted by Crippen LogP contribution is -2.50. The Morgan fingerprint density at radius 1 is 1.41 bits per heavy atom. The number of halogens is 1. The summed E-state index contributed by atoms with van der Waals surface area (Å²) in [5.41, 5.74) is 0.687. The van der Waals surface area contributed by atoms with Gasteiger partial charge in [0.05, 0.1) is 18.1 Å². The molecule has 0 unspecified atom stereocenters. The largest absolute Gasteiger partial charge is 0.484 e. The van der Waals surface area contributed by atoms with Gasteiger partial charge in [0.15, 0.2) is 5.75 Å². The monoisotopic (exact) mass is 233 g/mol. The smallest absolute Gasteiger partial charge is 0.158 e. The minimum atomic E-state index is -0.274. The van der Waals surface area contributed by atoms with Gasteiger partial charge < -0.3 is 10.1 Å². The predicted molar refractivity (Wildman–Crippen MR) is 60.8 cm³/mol. The summed E-state index contributed by atoms with van der Waals surface area (Å²) in [6, 6.07) is 6.29. The molecule has 0 saturated carbocycles. The molecule has 2 aromatic rings. The number of nitrogens with zero attached hydrogens (tertiary/aromatic N) is 2. The van der Waals surface area contributed by atoms with E-state index in [0.717, 1.165) is 13.1 Å². The van der Waals surface area contributed by atoms with Crippen molar-refractivity contribution in [2.24, 2.45) is 0 Å². The summed E-state index contributed by atoms with van der Waals surface area (Å²) in [7, 11) is 0. The van der Waals surface area contributed by atoms with E-state index in [0.29, 0.717) is 11.4 Å². The van der Waals surface area contributed by atoms with Crippen molar-refractivity contribution in [2.45, 2.75) is 6.10 Å². The maximum Gasteiger partial charge on any atom is 0.158 e. The van der Waals surface area contributed by atoms with Crippen molar-refractivity contribution in [3.8, 4) is 11.4 Å². The van der Waals surface area contributed by atoms with Crippen LogP contribution in [0.1, 0.15) is 0 Å². The van der Waals surface area contributed by atoms with Gasteiger partial charge in [0.25, 0.3) is 0 Å². The molecule has 1 N–H and O–H groups in total. The van der Waals surface area contributed by atoms with Crippen LogP contribution in [0.15, 0.2) is 36.7 Å². The molecule has 0 amide bonds. The van der Waals surface area contributed by atoms with E-state index in [-0.39, 0.29) is 11.9 Å². The molecule has 0 aliphatic carbocycles. The van der Waals surface area contributed by atoms with Crippen molar-refractivity contribution in [1.29, 1.82) is 0 Å². The zero-order valence-electron chi connectivity index (χ0n) is 9.14. The average molecular weight is 233 g/mol. The Morgan fingerprint density at radius 3 is 3.00 bits per heavy atom. The van der Waals surface area contributed by atoms with E-state index >= 15 is 0 Å². The van der Waals surface area contributed by atoms with E-state index in [2.05, 4.69) is 10.4 Å². The van der Waals surface area contributed by atoms with Gasteiger partial charge in [-0.05, 0) is 18.2 Å². The van der Waals surface area contributed by atoms with Gasteiger partial charge in [0.1, 0.15) is 11.9 Å². The summed E-state index contributed by atoms with van der Waals surface area (Å²) in [5, 5.41) is 7.27. The molecule has 1 saturated heterocycles. The summed E-state index contributed by atoms with van der Waals surface area (Å²) in [4.78, 5) is 0. The van der Waals surface area contributed by atoms with Gasteiger partial charge in [0.2, 0.25) is 0 Å². The Labute approximate surface area is 98.0 Å². The minimum absolute atomic E-state index is 0.222. The van der Waals surface area contributed by atoms with E-state index in [1.165, 1.54) is 12.1 Å². The van der Waals surface area contributed by atoms with Crippen molar-refractivity contribution in [1.82, 2.24) is 15.1 Å². The van der Waals surface area contributed by atoms with Crippen LogP contribution in [0.4, 0.5) is 4.39 Å². The van der Waals surface area contributed by atoms with Crippen LogP contribution in [-0.2, 0) is 0 Å². The number of aromatic nitrogens is 2. The molecule has 1 aromatic carbocycles. The molecule has 1 aromatic heterocycles. The topological polar surface area (TPSA) is 39.1 Å². The van der Waals surface area contributed by atoms with E-state index in [1.54, 1.807) is 29.2 Å². The van der Waals surface area contributed by atoms with E-state index in [1.807, 2.05) is 0 Å². The van der Waals surface area contributed by atoms with E-state index < -0.39 is 0 Å². The maximum atomic E-state index is 13.1. The second-order valence-electron chi connectivity index (χ2n) is 4.00. The molecule has 1 fully saturated rings. The first-order valence-electron chi connectivity index (χ1n) is 5.49. The third-order valence-electron chi connectivity index (χ3n) is 2.68. The summed E-state index contributed by atoms with van der Waals surface area (Å²) >= 11 is 0. The van der Waals surface area contributed by atoms with E-state index in [9.17, 15) is 4.39 Å². The van der Waals surface area contributed by atoms with Crippen LogP contribution < -0.4 is 10.1 Å². The van der Waals surface area contributed by atoms with Crippen LogP contribution in [0.3, 0.4) is 0 Å². The molecule has 0 bridgehead atoms. The highest BCUT2D eigenvalue weighted by atomic mass is 19.1. The Hall–Kier alpha value is -1.88. The van der Waals surface area contributed by atoms with Crippen molar-refractivity contribution < 1.29 is 9.13 Å². The number of rotatable bonds is 3. The summed E-state index contributed by atoms with van der Waals surface area (Å²) in [6.45, 7) is 1.73. The second kappa shape index (κ2) is 4.18. The molecule has 3 rings (SSSR count). The Kier molecular flexibility index (Phi) is 2.53. The number of ether oxygens (including phenoxy) is 1. The van der Waals surface area contributed by atoms with Crippen LogP contribution in [0.2, 0.25) is 0 Å². The molecule has 0 spiro atoms. The molecule has 17 heavy (non-hydrogen) atoms. The molecule has 0 atom stereocenters. The fourth-order valence-corrected chi connectivity index (χ4v) is 1.66. The second-order valence-corrected chi connectivity index (χ2v) is 4.00. The fraction of sp³-hybridized carbons (Fsp3) is 0.250. The van der Waals surface area contributed by atoms with Crippen LogP contribution in [0, 0.1) is 5.82 Å². The quantitative estimate of drug-likeness (QED) is 0.870. The molecule has 4 nitrogen and oxygen atoms in total. The van der Waals surface area contributed by atoms with Crippen LogP contribution in [0.25, 0.3) is 5.69 Å². The summed E-state index contributed by atoms with van der Waals surface area (Å²) < 4.78 is 20.3. The van der Waals surface area contributed by atoms with Crippen molar-refractivity contribution in [2.75, 3.05) is 13.1 Å². The molecule has 88 valence electrons. The first kappa shape index (κ1) is 10.3. The van der Waals surface area contributed by atoms with Crippen molar-refractivity contribution in [3.63, 3.8) is 0 Å². The zero-order valence-corrected chi connectivity index (χ0v) is 9.14. The lowest BCUT2D eigenvalue weighted by Gasteiger charge is -2.26. The fourth-order valence-electron chi connectivity index (χ4n) is 1.66. The molecular formula is C12H12FN3O. The van der Waals surface area contributed by atoms with E-state index in [4.69, 9.17) is 4.74 Å². The third kappa shape index (κ3) is 2.14. The van der Waals surface area contributed by atoms with Crippen molar-refractivity contribution >= 4 is 0 Å². The van der Waals surface area contributed by atoms with Gasteiger partial charge >= 0.3 is 0 Å². The molecule has 0 radical (unpaired) electrons. The standard InChI is InChI=1S/C12H12FN3O/c13-9-2-1-3-10(4-9)16-8-12(7-15-16)17-11-5-14-6-11/h1-4,7-8,11,14H,5-6H2. The lowest BCUT2D eigenvalue weighted by molar-refractivity contribution is 0.142. The highest BCUT2D eigenvalue weighted by molar-refractivity contribution is 5.32. The first-order valence-corrected chi connectivity index (χ1v) is 5.49. The van der Waals surface area contributed by atoms with Gasteiger partial charge in [-0.3, -0.25) is 0 Å². The first-order chi connectivity index (χ1) is 8.31. The van der Waals surface area contributed by atoms with Gasteiger partial charge in [-0.25, -0.2) is 9.07 Å². The summed E-state index contributed by atoms with van der Waals surface area (Å²) in [6.07, 6.45) is 3.62. The number of hydrogen-bond donors (Lipinski definition) is 1. The molecular weight excluding hydrogens is 221 g/mol. The number of nitrogens with one attached hydrogen (secondary N) is 1. The highest BCUT2D eigenvalue weighted by Gasteiger charge is 2.18. The predicted octanol–water partition coefficient (Wildman–Crippen LogP) is 1.36. The molecule has 1 aliphatic rings. The van der Waals surface area contributed by atoms with Crippen molar-refractivity contribution in [3.05, 3.63) is 42.5 Å². The maximum absolute atomic E-state index is 13.1. The van der Waals surface area contributed by atoms with Gasteiger partial charge in [0, 0.05) is 13.1 Å². The Morgan fingerprint density at radius 2 is 2.29 bits per heavy atom. The Bertz CT molecular complexity index is 522. The van der Waals surface area contributed by atoms with Crippen LogP contribution >= 0.6 is 0 Å². The minimum Gasteiger partial charge on any atom is -0.484 e. The van der Waals surface area contributed by atoms with Crippen LogP contribution in [0.5, 0.6) is 5.75 Å². The van der Waals surface area contributed by atoms with Gasteiger partial charge in [-0.2, -0.15) is 5.10 Å². The third-order valence-corrected chi connectivity index (χ3v) is 2.68. The molecule has 5 heteroatoms. The molecule has 2 heterocycles. The number of hydrogen-bond acceptors (Lipinski definition) is 3. The molecule has 1 aliphatic heterocycles. The normalized spacial score (nSPS) is 15.6. The number of benzene rings is 1. The Balaban J connectivity index is 1.79. The van der Waals surface area contributed by atoms with Crippen LogP contribution in [-0.4, -0.2) is 29.0 Å². The summed E-state index contributed by atoms with van der Waals surface area (Å²) in [5.74, 6) is 0.435. The zero-order chi connectivity index (χ0) is 11.7. The van der Waals surface area contributed by atoms with Gasteiger partial charge in [-0.15, -0.1) is 0 Å².